The molecule has 0 bridgehead atoms. The molecule has 25 heavy (non-hydrogen) atoms. The zero-order valence-electron chi connectivity index (χ0n) is 14.6. The minimum atomic E-state index is -0.0710. The lowest BCUT2D eigenvalue weighted by molar-refractivity contribution is -0.136. The number of amides is 1. The van der Waals surface area contributed by atoms with E-state index >= 15 is 0 Å². The van der Waals surface area contributed by atoms with Gasteiger partial charge in [-0.3, -0.25) is 9.89 Å². The van der Waals surface area contributed by atoms with E-state index in [1.54, 1.807) is 11.9 Å². The average Bonchev–Trinajstić information content (AvgIpc) is 3.27. The normalized spacial score (nSPS) is 19.9. The lowest BCUT2D eigenvalue weighted by atomic mass is 10.0. The largest absolute Gasteiger partial charge is 0.376 e. The SMILES string of the molecule is Cc1ccccc1COCC(=O)N(C)C[C@H]1OCC[C@H]1c1ncn[nH]1. The molecule has 3 rings (SSSR count). The fraction of sp³-hybridized carbons (Fsp3) is 0.500. The Balaban J connectivity index is 1.47. The maximum atomic E-state index is 12.3. The van der Waals surface area contributed by atoms with Crippen LogP contribution < -0.4 is 0 Å². The highest BCUT2D eigenvalue weighted by Crippen LogP contribution is 2.29. The predicted octanol–water partition coefficient (Wildman–Crippen LogP) is 1.66. The number of likely N-dealkylation sites (N-methyl/N-ethyl adjacent to an activating group) is 1. The predicted molar refractivity (Wildman–Crippen MR) is 92.0 cm³/mol. The number of nitrogens with zero attached hydrogens (tertiary/aromatic N) is 3. The van der Waals surface area contributed by atoms with Crippen LogP contribution in [-0.2, 0) is 20.9 Å². The van der Waals surface area contributed by atoms with Crippen LogP contribution in [0.3, 0.4) is 0 Å². The average molecular weight is 344 g/mol. The molecular weight excluding hydrogens is 320 g/mol. The number of carbonyl (C=O) groups is 1. The van der Waals surface area contributed by atoms with E-state index in [0.717, 1.165) is 23.4 Å². The van der Waals surface area contributed by atoms with E-state index in [4.69, 9.17) is 9.47 Å². The van der Waals surface area contributed by atoms with Crippen molar-refractivity contribution < 1.29 is 14.3 Å². The standard InChI is InChI=1S/C18H24N4O3/c1-13-5-3-4-6-14(13)10-24-11-17(23)22(2)9-16-15(7-8-25-16)18-19-12-20-21-18/h3-6,12,15-16H,7-11H2,1-2H3,(H,19,20,21)/t15-,16-/m1/s1. The number of carbonyl (C=O) groups excluding carboxylic acids is 1. The summed E-state index contributed by atoms with van der Waals surface area (Å²) >= 11 is 0. The van der Waals surface area contributed by atoms with Crippen LogP contribution in [0.1, 0.15) is 29.3 Å². The van der Waals surface area contributed by atoms with Gasteiger partial charge in [-0.05, 0) is 24.5 Å². The van der Waals surface area contributed by atoms with Crippen LogP contribution in [0.4, 0.5) is 0 Å². The summed E-state index contributed by atoms with van der Waals surface area (Å²) in [6.45, 7) is 3.71. The second-order valence-electron chi connectivity index (χ2n) is 6.37. The molecule has 7 nitrogen and oxygen atoms in total. The van der Waals surface area contributed by atoms with Crippen LogP contribution in [0.5, 0.6) is 0 Å². The maximum absolute atomic E-state index is 12.3. The number of H-pyrrole nitrogens is 1. The molecule has 0 aliphatic carbocycles. The van der Waals surface area contributed by atoms with Crippen molar-refractivity contribution >= 4 is 5.91 Å². The Kier molecular flexibility index (Phi) is 5.78. The highest BCUT2D eigenvalue weighted by atomic mass is 16.5. The number of aromatic nitrogens is 3. The quantitative estimate of drug-likeness (QED) is 0.826. The highest BCUT2D eigenvalue weighted by Gasteiger charge is 2.33. The van der Waals surface area contributed by atoms with E-state index in [0.29, 0.717) is 19.8 Å². The summed E-state index contributed by atoms with van der Waals surface area (Å²) in [7, 11) is 1.78. The van der Waals surface area contributed by atoms with Crippen LogP contribution in [0.2, 0.25) is 0 Å². The van der Waals surface area contributed by atoms with Gasteiger partial charge < -0.3 is 14.4 Å². The Bertz CT molecular complexity index is 689. The summed E-state index contributed by atoms with van der Waals surface area (Å²) in [6.07, 6.45) is 2.31. The molecule has 1 aromatic heterocycles. The summed E-state index contributed by atoms with van der Waals surface area (Å²) in [5.41, 5.74) is 2.26. The Labute approximate surface area is 147 Å². The number of aromatic amines is 1. The summed E-state index contributed by atoms with van der Waals surface area (Å²) in [4.78, 5) is 18.2. The molecule has 7 heteroatoms. The van der Waals surface area contributed by atoms with Crippen molar-refractivity contribution in [2.24, 2.45) is 0 Å². The fourth-order valence-corrected chi connectivity index (χ4v) is 3.04. The first-order valence-electron chi connectivity index (χ1n) is 8.48. The van der Waals surface area contributed by atoms with Crippen molar-refractivity contribution in [2.45, 2.75) is 32.0 Å². The molecule has 0 spiro atoms. The minimum absolute atomic E-state index is 0.0552. The Morgan fingerprint density at radius 1 is 1.44 bits per heavy atom. The van der Waals surface area contributed by atoms with E-state index < -0.39 is 0 Å². The van der Waals surface area contributed by atoms with Gasteiger partial charge in [0.1, 0.15) is 18.8 Å². The van der Waals surface area contributed by atoms with Crippen LogP contribution >= 0.6 is 0 Å². The van der Waals surface area contributed by atoms with Crippen LogP contribution in [0.25, 0.3) is 0 Å². The number of ether oxygens (including phenoxy) is 2. The third kappa shape index (κ3) is 4.43. The molecule has 1 aliphatic rings. The number of benzene rings is 1. The first kappa shape index (κ1) is 17.6. The van der Waals surface area contributed by atoms with E-state index in [1.165, 1.54) is 6.33 Å². The van der Waals surface area contributed by atoms with Crippen molar-refractivity contribution in [1.29, 1.82) is 0 Å². The topological polar surface area (TPSA) is 80.3 Å². The molecule has 1 saturated heterocycles. The third-order valence-corrected chi connectivity index (χ3v) is 4.62. The van der Waals surface area contributed by atoms with E-state index in [-0.39, 0.29) is 24.5 Å². The van der Waals surface area contributed by atoms with Gasteiger partial charge in [-0.25, -0.2) is 4.98 Å². The Morgan fingerprint density at radius 2 is 2.28 bits per heavy atom. The molecule has 1 aliphatic heterocycles. The van der Waals surface area contributed by atoms with E-state index in [9.17, 15) is 4.79 Å². The van der Waals surface area contributed by atoms with Gasteiger partial charge in [0, 0.05) is 26.1 Å². The fourth-order valence-electron chi connectivity index (χ4n) is 3.04. The lowest BCUT2D eigenvalue weighted by Gasteiger charge is -2.24. The van der Waals surface area contributed by atoms with Crippen LogP contribution in [0.15, 0.2) is 30.6 Å². The summed E-state index contributed by atoms with van der Waals surface area (Å²) in [5.74, 6) is 0.908. The van der Waals surface area contributed by atoms with Gasteiger partial charge in [-0.2, -0.15) is 5.10 Å². The van der Waals surface area contributed by atoms with Gasteiger partial charge in [-0.15, -0.1) is 0 Å². The van der Waals surface area contributed by atoms with Gasteiger partial charge in [-0.1, -0.05) is 24.3 Å². The monoisotopic (exact) mass is 344 g/mol. The van der Waals surface area contributed by atoms with E-state index in [2.05, 4.69) is 15.2 Å². The lowest BCUT2D eigenvalue weighted by Crippen LogP contribution is -2.38. The molecule has 1 N–H and O–H groups in total. The van der Waals surface area contributed by atoms with Crippen molar-refractivity contribution in [2.75, 3.05) is 26.8 Å². The van der Waals surface area contributed by atoms with Gasteiger partial charge >= 0.3 is 0 Å². The third-order valence-electron chi connectivity index (χ3n) is 4.62. The minimum Gasteiger partial charge on any atom is -0.376 e. The molecule has 0 radical (unpaired) electrons. The van der Waals surface area contributed by atoms with Gasteiger partial charge in [0.05, 0.1) is 12.7 Å². The molecule has 2 aromatic rings. The van der Waals surface area contributed by atoms with Crippen LogP contribution in [0, 0.1) is 6.92 Å². The molecule has 1 fully saturated rings. The number of rotatable bonds is 7. The first-order chi connectivity index (χ1) is 12.1. The number of hydrogen-bond donors (Lipinski definition) is 1. The van der Waals surface area contributed by atoms with Crippen molar-refractivity contribution in [3.63, 3.8) is 0 Å². The van der Waals surface area contributed by atoms with Gasteiger partial charge in [0.2, 0.25) is 5.91 Å². The smallest absolute Gasteiger partial charge is 0.248 e. The number of hydrogen-bond acceptors (Lipinski definition) is 5. The maximum Gasteiger partial charge on any atom is 0.248 e. The van der Waals surface area contributed by atoms with Gasteiger partial charge in [0.15, 0.2) is 0 Å². The van der Waals surface area contributed by atoms with Crippen molar-refractivity contribution in [1.82, 2.24) is 20.1 Å². The molecule has 0 saturated carbocycles. The zero-order chi connectivity index (χ0) is 17.6. The molecule has 2 heterocycles. The highest BCUT2D eigenvalue weighted by molar-refractivity contribution is 5.77. The van der Waals surface area contributed by atoms with E-state index in [1.807, 2.05) is 31.2 Å². The number of aryl methyl sites for hydroxylation is 1. The molecular formula is C18H24N4O3. The molecule has 2 atom stereocenters. The zero-order valence-corrected chi connectivity index (χ0v) is 14.6. The summed E-state index contributed by atoms with van der Waals surface area (Å²) in [5, 5.41) is 6.80. The molecule has 1 amide bonds. The molecule has 134 valence electrons. The summed E-state index contributed by atoms with van der Waals surface area (Å²) < 4.78 is 11.4. The molecule has 0 unspecified atom stereocenters. The van der Waals surface area contributed by atoms with Crippen molar-refractivity contribution in [3.05, 3.63) is 47.5 Å². The summed E-state index contributed by atoms with van der Waals surface area (Å²) in [6, 6.07) is 8.01. The Hall–Kier alpha value is -2.25. The van der Waals surface area contributed by atoms with Crippen LogP contribution in [-0.4, -0.2) is 58.9 Å². The van der Waals surface area contributed by atoms with Crippen molar-refractivity contribution in [3.8, 4) is 0 Å². The second kappa shape index (κ2) is 8.22. The Morgan fingerprint density at radius 3 is 3.04 bits per heavy atom. The van der Waals surface area contributed by atoms with Gasteiger partial charge in [0.25, 0.3) is 0 Å². The second-order valence-corrected chi connectivity index (χ2v) is 6.37. The number of nitrogens with one attached hydrogen (secondary N) is 1. The molecule has 1 aromatic carbocycles. The first-order valence-corrected chi connectivity index (χ1v) is 8.48.